The third-order valence-corrected chi connectivity index (χ3v) is 2.26. The summed E-state index contributed by atoms with van der Waals surface area (Å²) < 4.78 is 4.74. The number of hydrogen-bond donors (Lipinski definition) is 6. The monoisotopic (exact) mass is 209 g/mol. The lowest BCUT2D eigenvalue weighted by atomic mass is 9.95. The highest BCUT2D eigenvalue weighted by molar-refractivity contribution is 4.92. The van der Waals surface area contributed by atoms with Gasteiger partial charge in [0.1, 0.15) is 24.4 Å². The molecule has 0 aromatic rings. The molecule has 7 heteroatoms. The van der Waals surface area contributed by atoms with Gasteiger partial charge in [-0.25, -0.2) is 0 Å². The fourth-order valence-electron chi connectivity index (χ4n) is 1.35. The van der Waals surface area contributed by atoms with Crippen molar-refractivity contribution in [1.29, 1.82) is 0 Å². The second kappa shape index (κ2) is 4.49. The van der Waals surface area contributed by atoms with E-state index in [0.717, 1.165) is 0 Å². The number of hydrogen-bond acceptors (Lipinski definition) is 7. The lowest BCUT2D eigenvalue weighted by Crippen LogP contribution is -2.62. The Morgan fingerprint density at radius 2 is 1.64 bits per heavy atom. The van der Waals surface area contributed by atoms with Gasteiger partial charge in [-0.3, -0.25) is 0 Å². The number of ether oxygens (including phenoxy) is 1. The smallest absolute Gasteiger partial charge is 0.184 e. The second-order valence-electron chi connectivity index (χ2n) is 3.31. The molecule has 0 amide bonds. The zero-order chi connectivity index (χ0) is 10.9. The topological polar surface area (TPSA) is 136 Å². The van der Waals surface area contributed by atoms with Gasteiger partial charge in [-0.15, -0.1) is 0 Å². The third kappa shape index (κ3) is 2.04. The predicted molar refractivity (Wildman–Crippen MR) is 44.0 cm³/mol. The van der Waals surface area contributed by atoms with Crippen LogP contribution in [0.3, 0.4) is 0 Å². The zero-order valence-corrected chi connectivity index (χ0v) is 7.39. The van der Waals surface area contributed by atoms with Crippen molar-refractivity contribution in [3.63, 3.8) is 0 Å². The number of aliphatic hydroxyl groups excluding tert-OH is 5. The Hall–Kier alpha value is -0.280. The van der Waals surface area contributed by atoms with E-state index in [1.807, 2.05) is 0 Å². The van der Waals surface area contributed by atoms with E-state index in [2.05, 4.69) is 0 Å². The van der Waals surface area contributed by atoms with Gasteiger partial charge < -0.3 is 36.0 Å². The first-order chi connectivity index (χ1) is 6.49. The third-order valence-electron chi connectivity index (χ3n) is 2.26. The summed E-state index contributed by atoms with van der Waals surface area (Å²) in [6.07, 6.45) is -7.27. The van der Waals surface area contributed by atoms with Crippen LogP contribution in [0.25, 0.3) is 0 Å². The van der Waals surface area contributed by atoms with E-state index in [1.54, 1.807) is 0 Å². The Labute approximate surface area is 80.3 Å². The molecule has 7 nitrogen and oxygen atoms in total. The molecule has 0 aromatic carbocycles. The summed E-state index contributed by atoms with van der Waals surface area (Å²) in [6.45, 7) is -0.461. The minimum atomic E-state index is -1.61. The van der Waals surface area contributed by atoms with Crippen LogP contribution >= 0.6 is 0 Å². The van der Waals surface area contributed by atoms with Gasteiger partial charge in [0.25, 0.3) is 0 Å². The van der Waals surface area contributed by atoms with Crippen LogP contribution in [0, 0.1) is 0 Å². The summed E-state index contributed by atoms with van der Waals surface area (Å²) in [6, 6.07) is -0.929. The van der Waals surface area contributed by atoms with Crippen molar-refractivity contribution in [2.75, 3.05) is 6.61 Å². The van der Waals surface area contributed by atoms with Gasteiger partial charge >= 0.3 is 0 Å². The van der Waals surface area contributed by atoms with Crippen molar-refractivity contribution >= 4 is 0 Å². The van der Waals surface area contributed by atoms with Gasteiger partial charge in [0.15, 0.2) is 6.29 Å². The summed E-state index contributed by atoms with van der Waals surface area (Å²) in [5.74, 6) is 0. The highest BCUT2D eigenvalue weighted by Gasteiger charge is 2.44. The molecule has 0 aromatic heterocycles. The van der Waals surface area contributed by atoms with E-state index in [-0.39, 0.29) is 0 Å². The maximum absolute atomic E-state index is 9.39. The molecule has 7 N–H and O–H groups in total. The van der Waals surface area contributed by atoms with Crippen molar-refractivity contribution in [2.24, 2.45) is 5.73 Å². The Morgan fingerprint density at radius 3 is 2.14 bits per heavy atom. The summed E-state index contributed by atoms with van der Waals surface area (Å²) in [5.41, 5.74) is 5.37. The van der Waals surface area contributed by atoms with Gasteiger partial charge in [0.05, 0.1) is 12.6 Å². The van der Waals surface area contributed by atoms with Gasteiger partial charge in [-0.1, -0.05) is 0 Å². The van der Waals surface area contributed by atoms with Gasteiger partial charge in [-0.2, -0.15) is 0 Å². The first-order valence-electron chi connectivity index (χ1n) is 4.23. The molecule has 0 radical (unpaired) electrons. The van der Waals surface area contributed by atoms with Crippen LogP contribution in [0.15, 0.2) is 0 Å². The number of nitrogens with two attached hydrogens (primary N) is 1. The van der Waals surface area contributed by atoms with Crippen molar-refractivity contribution in [3.05, 3.63) is 0 Å². The average Bonchev–Trinajstić information content (AvgIpc) is 2.19. The second-order valence-corrected chi connectivity index (χ2v) is 3.31. The molecular formula is C7H15NO6. The molecule has 0 saturated carbocycles. The molecule has 1 aliphatic heterocycles. The van der Waals surface area contributed by atoms with E-state index >= 15 is 0 Å². The largest absolute Gasteiger partial charge is 0.395 e. The van der Waals surface area contributed by atoms with Crippen molar-refractivity contribution < 1.29 is 30.3 Å². The SMILES string of the molecule is N[C@@H](CO)[C@@H]1O[C@@H](O)[C@@H](O)[C@@H](O)[C@H]1O. The van der Waals surface area contributed by atoms with E-state index in [0.29, 0.717) is 0 Å². The highest BCUT2D eigenvalue weighted by Crippen LogP contribution is 2.21. The van der Waals surface area contributed by atoms with Gasteiger partial charge in [0.2, 0.25) is 0 Å². The van der Waals surface area contributed by atoms with E-state index in [9.17, 15) is 10.2 Å². The van der Waals surface area contributed by atoms with E-state index in [1.165, 1.54) is 0 Å². The molecule has 1 heterocycles. The molecule has 14 heavy (non-hydrogen) atoms. The number of rotatable bonds is 2. The molecule has 1 fully saturated rings. The maximum atomic E-state index is 9.39. The van der Waals surface area contributed by atoms with Gasteiger partial charge in [-0.05, 0) is 0 Å². The Bertz CT molecular complexity index is 191. The Balaban J connectivity index is 2.70. The lowest BCUT2D eigenvalue weighted by molar-refractivity contribution is -0.286. The maximum Gasteiger partial charge on any atom is 0.184 e. The molecule has 0 bridgehead atoms. The molecule has 0 spiro atoms. The van der Waals surface area contributed by atoms with Crippen LogP contribution in [0.2, 0.25) is 0 Å². The minimum Gasteiger partial charge on any atom is -0.395 e. The van der Waals surface area contributed by atoms with Crippen LogP contribution in [-0.2, 0) is 4.74 Å². The normalized spacial score (nSPS) is 46.3. The highest BCUT2D eigenvalue weighted by atomic mass is 16.6. The molecule has 0 unspecified atom stereocenters. The molecule has 6 atom stereocenters. The van der Waals surface area contributed by atoms with Crippen LogP contribution in [0.5, 0.6) is 0 Å². The summed E-state index contributed by atoms with van der Waals surface area (Å²) >= 11 is 0. The van der Waals surface area contributed by atoms with Gasteiger partial charge in [0, 0.05) is 0 Å². The van der Waals surface area contributed by atoms with Crippen LogP contribution in [0.1, 0.15) is 0 Å². The first-order valence-corrected chi connectivity index (χ1v) is 4.23. The molecule has 1 saturated heterocycles. The van der Waals surface area contributed by atoms with Crippen molar-refractivity contribution in [3.8, 4) is 0 Å². The molecule has 1 aliphatic rings. The van der Waals surface area contributed by atoms with Crippen LogP contribution in [-0.4, -0.2) is 68.9 Å². The van der Waals surface area contributed by atoms with Crippen LogP contribution in [0.4, 0.5) is 0 Å². The van der Waals surface area contributed by atoms with E-state index in [4.69, 9.17) is 25.8 Å². The number of aliphatic hydroxyl groups is 5. The molecule has 0 aliphatic carbocycles. The Morgan fingerprint density at radius 1 is 1.07 bits per heavy atom. The van der Waals surface area contributed by atoms with Crippen molar-refractivity contribution in [2.45, 2.75) is 36.7 Å². The summed E-state index contributed by atoms with van der Waals surface area (Å²) in [4.78, 5) is 0. The molecule has 84 valence electrons. The average molecular weight is 209 g/mol. The Kier molecular flexibility index (Phi) is 3.78. The fourth-order valence-corrected chi connectivity index (χ4v) is 1.35. The fraction of sp³-hybridized carbons (Fsp3) is 1.00. The zero-order valence-electron chi connectivity index (χ0n) is 7.39. The lowest BCUT2D eigenvalue weighted by Gasteiger charge is -2.40. The first kappa shape index (κ1) is 11.8. The summed E-state index contributed by atoms with van der Waals surface area (Å²) in [7, 11) is 0. The molecule has 1 rings (SSSR count). The van der Waals surface area contributed by atoms with E-state index < -0.39 is 43.4 Å². The molecular weight excluding hydrogens is 194 g/mol. The standard InChI is InChI=1S/C7H15NO6/c8-2(1-9)6-4(11)3(10)5(12)7(13)14-6/h2-7,9-13H,1,8H2/t2-,3-,4+,5-,6-,7+/m0/s1. The minimum absolute atomic E-state index is 0.461. The predicted octanol–water partition coefficient (Wildman–Crippen LogP) is -3.89. The van der Waals surface area contributed by atoms with Crippen molar-refractivity contribution in [1.82, 2.24) is 0 Å². The van der Waals surface area contributed by atoms with Crippen LogP contribution < -0.4 is 5.73 Å². The quantitative estimate of drug-likeness (QED) is 0.273. The summed E-state index contributed by atoms with van der Waals surface area (Å²) in [5, 5.41) is 45.5.